The van der Waals surface area contributed by atoms with E-state index in [1.54, 1.807) is 0 Å². The lowest BCUT2D eigenvalue weighted by atomic mass is 9.80. The molecule has 40 valence electrons. The molecule has 0 spiro atoms. The van der Waals surface area contributed by atoms with E-state index in [4.69, 9.17) is 0 Å². The zero-order valence-corrected chi connectivity index (χ0v) is 4.78. The van der Waals surface area contributed by atoms with Crippen LogP contribution in [0.1, 0.15) is 12.8 Å². The molecule has 3 rings (SSSR count). The fourth-order valence-electron chi connectivity index (χ4n) is 1.16. The standard InChI is InChI=1S/C8H8/c1-6-2-3-7-4-8(6)5-7/h3-4H,1-2,5H2. The Morgan fingerprint density at radius 1 is 1.50 bits per heavy atom. The fraction of sp³-hybridized carbons (Fsp3) is 0.250. The van der Waals surface area contributed by atoms with E-state index in [2.05, 4.69) is 18.7 Å². The smallest absolute Gasteiger partial charge is 0.00260 e. The first-order chi connectivity index (χ1) is 3.86. The minimum Gasteiger partial charge on any atom is -0.0952 e. The zero-order chi connectivity index (χ0) is 5.56. The van der Waals surface area contributed by atoms with E-state index in [1.165, 1.54) is 23.1 Å². The second-order valence-corrected chi connectivity index (χ2v) is 2.43. The largest absolute Gasteiger partial charge is 0.0952 e. The second-order valence-electron chi connectivity index (χ2n) is 2.43. The highest BCUT2D eigenvalue weighted by Gasteiger charge is 2.17. The number of fused-ring (bicyclic) bond motifs is 2. The van der Waals surface area contributed by atoms with Crippen LogP contribution in [0.5, 0.6) is 0 Å². The van der Waals surface area contributed by atoms with E-state index in [0.717, 1.165) is 6.42 Å². The number of rotatable bonds is 0. The molecule has 0 N–H and O–H groups in total. The summed E-state index contributed by atoms with van der Waals surface area (Å²) in [6.07, 6.45) is 6.78. The Kier molecular flexibility index (Phi) is 0.587. The first-order valence-corrected chi connectivity index (χ1v) is 2.94. The van der Waals surface area contributed by atoms with Crippen LogP contribution in [0, 0.1) is 0 Å². The van der Waals surface area contributed by atoms with Crippen LogP contribution in [0.25, 0.3) is 0 Å². The summed E-state index contributed by atoms with van der Waals surface area (Å²) in [6, 6.07) is 0. The summed E-state index contributed by atoms with van der Waals surface area (Å²) >= 11 is 0. The molecule has 0 aromatic heterocycles. The molecule has 0 heterocycles. The zero-order valence-electron chi connectivity index (χ0n) is 4.78. The van der Waals surface area contributed by atoms with Crippen LogP contribution < -0.4 is 0 Å². The van der Waals surface area contributed by atoms with Gasteiger partial charge in [0.25, 0.3) is 0 Å². The highest BCUT2D eigenvalue weighted by Crippen LogP contribution is 2.36. The van der Waals surface area contributed by atoms with Gasteiger partial charge in [0.05, 0.1) is 0 Å². The van der Waals surface area contributed by atoms with E-state index in [0.29, 0.717) is 0 Å². The van der Waals surface area contributed by atoms with E-state index < -0.39 is 0 Å². The van der Waals surface area contributed by atoms with Crippen LogP contribution in [-0.4, -0.2) is 0 Å². The molecule has 3 aliphatic rings. The molecule has 0 nitrogen and oxygen atoms in total. The molecular formula is C8H8. The molecular weight excluding hydrogens is 96.1 g/mol. The van der Waals surface area contributed by atoms with Crippen LogP contribution in [0.15, 0.2) is 35.5 Å². The molecule has 0 unspecified atom stereocenters. The molecule has 3 aliphatic carbocycles. The third-order valence-corrected chi connectivity index (χ3v) is 1.82. The van der Waals surface area contributed by atoms with Crippen molar-refractivity contribution in [1.82, 2.24) is 0 Å². The SMILES string of the molecule is C=C1CC=C2C=C1C2. The van der Waals surface area contributed by atoms with Gasteiger partial charge in [-0.05, 0) is 29.6 Å². The van der Waals surface area contributed by atoms with Gasteiger partial charge in [0.1, 0.15) is 0 Å². The third kappa shape index (κ3) is 0.353. The maximum Gasteiger partial charge on any atom is -0.00260 e. The van der Waals surface area contributed by atoms with Gasteiger partial charge in [-0.2, -0.15) is 0 Å². The Balaban J connectivity index is 2.48. The van der Waals surface area contributed by atoms with E-state index in [-0.39, 0.29) is 0 Å². The van der Waals surface area contributed by atoms with Crippen LogP contribution in [0.2, 0.25) is 0 Å². The lowest BCUT2D eigenvalue weighted by Crippen LogP contribution is -2.05. The highest BCUT2D eigenvalue weighted by molar-refractivity contribution is 5.53. The molecule has 0 atom stereocenters. The summed E-state index contributed by atoms with van der Waals surface area (Å²) in [5, 5.41) is 0. The Hall–Kier alpha value is -0.780. The molecule has 0 aromatic carbocycles. The van der Waals surface area contributed by atoms with Gasteiger partial charge in [0.15, 0.2) is 0 Å². The van der Waals surface area contributed by atoms with Gasteiger partial charge in [-0.1, -0.05) is 18.7 Å². The first kappa shape index (κ1) is 4.13. The Bertz CT molecular complexity index is 204. The Morgan fingerprint density at radius 2 is 2.25 bits per heavy atom. The van der Waals surface area contributed by atoms with Gasteiger partial charge in [-0.15, -0.1) is 0 Å². The van der Waals surface area contributed by atoms with Crippen molar-refractivity contribution in [2.24, 2.45) is 0 Å². The van der Waals surface area contributed by atoms with Crippen LogP contribution >= 0.6 is 0 Å². The Labute approximate surface area is 49.2 Å². The molecule has 0 aliphatic heterocycles. The van der Waals surface area contributed by atoms with E-state index >= 15 is 0 Å². The molecule has 0 radical (unpaired) electrons. The maximum absolute atomic E-state index is 3.92. The van der Waals surface area contributed by atoms with Crippen LogP contribution in [-0.2, 0) is 0 Å². The van der Waals surface area contributed by atoms with Crippen molar-refractivity contribution in [2.45, 2.75) is 12.8 Å². The fourth-order valence-corrected chi connectivity index (χ4v) is 1.16. The van der Waals surface area contributed by atoms with Gasteiger partial charge in [-0.25, -0.2) is 0 Å². The molecule has 2 bridgehead atoms. The molecule has 8 heavy (non-hydrogen) atoms. The van der Waals surface area contributed by atoms with Crippen molar-refractivity contribution >= 4 is 0 Å². The summed E-state index contributed by atoms with van der Waals surface area (Å²) in [5.74, 6) is 0. The maximum atomic E-state index is 3.92. The second kappa shape index (κ2) is 1.13. The highest BCUT2D eigenvalue weighted by atomic mass is 14.2. The minimum atomic E-state index is 1.10. The normalized spacial score (nSPS) is 23.8. The van der Waals surface area contributed by atoms with Gasteiger partial charge < -0.3 is 0 Å². The molecule has 0 heteroatoms. The first-order valence-electron chi connectivity index (χ1n) is 2.94. The Morgan fingerprint density at radius 3 is 2.50 bits per heavy atom. The lowest BCUT2D eigenvalue weighted by molar-refractivity contribution is 0.972. The summed E-state index contributed by atoms with van der Waals surface area (Å²) in [4.78, 5) is 0. The summed E-state index contributed by atoms with van der Waals surface area (Å²) in [5.41, 5.74) is 4.30. The monoisotopic (exact) mass is 104 g/mol. The molecule has 0 saturated carbocycles. The van der Waals surface area contributed by atoms with E-state index in [1.807, 2.05) is 0 Å². The van der Waals surface area contributed by atoms with Crippen LogP contribution in [0.3, 0.4) is 0 Å². The summed E-state index contributed by atoms with van der Waals surface area (Å²) in [7, 11) is 0. The van der Waals surface area contributed by atoms with Crippen molar-refractivity contribution in [3.8, 4) is 0 Å². The van der Waals surface area contributed by atoms with Gasteiger partial charge in [0, 0.05) is 0 Å². The average Bonchev–Trinajstić information content (AvgIpc) is 1.62. The van der Waals surface area contributed by atoms with Crippen molar-refractivity contribution in [1.29, 1.82) is 0 Å². The topological polar surface area (TPSA) is 0 Å². The molecule has 0 fully saturated rings. The third-order valence-electron chi connectivity index (χ3n) is 1.82. The minimum absolute atomic E-state index is 1.10. The van der Waals surface area contributed by atoms with Crippen LogP contribution in [0.4, 0.5) is 0 Å². The van der Waals surface area contributed by atoms with Crippen molar-refractivity contribution in [3.05, 3.63) is 35.5 Å². The van der Waals surface area contributed by atoms with Crippen molar-refractivity contribution < 1.29 is 0 Å². The number of hydrogen-bond acceptors (Lipinski definition) is 0. The summed E-state index contributed by atoms with van der Waals surface area (Å²) < 4.78 is 0. The number of hydrogen-bond donors (Lipinski definition) is 0. The molecule has 0 aromatic rings. The van der Waals surface area contributed by atoms with E-state index in [9.17, 15) is 0 Å². The van der Waals surface area contributed by atoms with Crippen molar-refractivity contribution in [2.75, 3.05) is 0 Å². The van der Waals surface area contributed by atoms with Gasteiger partial charge >= 0.3 is 0 Å². The summed E-state index contributed by atoms with van der Waals surface area (Å²) in [6.45, 7) is 3.92. The molecule has 0 saturated heterocycles. The average molecular weight is 104 g/mol. The predicted octanol–water partition coefficient (Wildman–Crippen LogP) is 2.20. The van der Waals surface area contributed by atoms with Gasteiger partial charge in [-0.3, -0.25) is 0 Å². The predicted molar refractivity (Wildman–Crippen MR) is 34.5 cm³/mol. The quantitative estimate of drug-likeness (QED) is 0.442. The van der Waals surface area contributed by atoms with Crippen molar-refractivity contribution in [3.63, 3.8) is 0 Å². The lowest BCUT2D eigenvalue weighted by Gasteiger charge is -2.25. The number of allylic oxidation sites excluding steroid dienone is 5. The van der Waals surface area contributed by atoms with Gasteiger partial charge in [0.2, 0.25) is 0 Å². The molecule has 0 amide bonds.